The first-order valence-electron chi connectivity index (χ1n) is 11.9. The van der Waals surface area contributed by atoms with Crippen LogP contribution in [-0.4, -0.2) is 60.4 Å². The Bertz CT molecular complexity index is 1150. The predicted molar refractivity (Wildman–Crippen MR) is 127 cm³/mol. The zero-order valence-electron chi connectivity index (χ0n) is 20.4. The second-order valence-corrected chi connectivity index (χ2v) is 9.00. The number of nitrogens with zero attached hydrogens (tertiary/aromatic N) is 2. The van der Waals surface area contributed by atoms with Crippen molar-refractivity contribution in [2.75, 3.05) is 14.2 Å². The van der Waals surface area contributed by atoms with Gasteiger partial charge in [0, 0.05) is 11.8 Å². The van der Waals surface area contributed by atoms with Gasteiger partial charge < -0.3 is 18.9 Å². The zero-order valence-corrected chi connectivity index (χ0v) is 20.4. The predicted octanol–water partition coefficient (Wildman–Crippen LogP) is 3.22. The Balaban J connectivity index is 1.43. The number of fused-ring (bicyclic) bond motifs is 5. The number of hydrazine groups is 1. The van der Waals surface area contributed by atoms with E-state index in [1.807, 2.05) is 60.7 Å². The monoisotopic (exact) mass is 506 g/mol. The number of hydrogen-bond donors (Lipinski definition) is 0. The number of rotatable bonds is 6. The number of benzene rings is 2. The molecule has 10 heteroatoms. The summed E-state index contributed by atoms with van der Waals surface area (Å²) in [6, 6.07) is 17.1. The minimum atomic E-state index is -0.748. The number of carbonyl (C=O) groups is 4. The van der Waals surface area contributed by atoms with E-state index in [4.69, 9.17) is 18.9 Å². The van der Waals surface area contributed by atoms with E-state index in [1.165, 1.54) is 24.2 Å². The lowest BCUT2D eigenvalue weighted by Crippen LogP contribution is -2.63. The summed E-state index contributed by atoms with van der Waals surface area (Å²) in [6.45, 7) is 0.00331. The molecule has 0 unspecified atom stereocenters. The molecule has 4 atom stereocenters. The zero-order chi connectivity index (χ0) is 26.1. The SMILES string of the molecule is COC(=O)C1=C(C(=O)OC)[C@H]2[C@@H]1[C@H]1C[C@@H]2N(C(=O)OCc2ccccc2)N1C(=O)OCc1ccccc1. The van der Waals surface area contributed by atoms with Gasteiger partial charge in [0.25, 0.3) is 0 Å². The first kappa shape index (κ1) is 24.4. The molecule has 2 aromatic rings. The van der Waals surface area contributed by atoms with Crippen LogP contribution in [0.5, 0.6) is 0 Å². The fourth-order valence-electron chi connectivity index (χ4n) is 5.58. The highest BCUT2D eigenvalue weighted by Gasteiger charge is 2.69. The van der Waals surface area contributed by atoms with E-state index in [0.29, 0.717) is 6.42 Å². The molecule has 10 nitrogen and oxygen atoms in total. The molecule has 2 aromatic carbocycles. The van der Waals surface area contributed by atoms with Crippen molar-refractivity contribution in [3.8, 4) is 0 Å². The summed E-state index contributed by atoms with van der Waals surface area (Å²) in [7, 11) is 2.45. The molecule has 37 heavy (non-hydrogen) atoms. The molecular formula is C27H26N2O8. The van der Waals surface area contributed by atoms with Gasteiger partial charge in [-0.25, -0.2) is 29.2 Å². The smallest absolute Gasteiger partial charge is 0.429 e. The van der Waals surface area contributed by atoms with Crippen LogP contribution in [0.25, 0.3) is 0 Å². The summed E-state index contributed by atoms with van der Waals surface area (Å²) in [4.78, 5) is 51.8. The van der Waals surface area contributed by atoms with Gasteiger partial charge in [-0.1, -0.05) is 60.7 Å². The summed E-state index contributed by atoms with van der Waals surface area (Å²) in [5, 5.41) is 2.44. The summed E-state index contributed by atoms with van der Waals surface area (Å²) in [6.07, 6.45) is -1.15. The van der Waals surface area contributed by atoms with Gasteiger partial charge in [-0.15, -0.1) is 0 Å². The molecule has 0 radical (unpaired) electrons. The summed E-state index contributed by atoms with van der Waals surface area (Å²) >= 11 is 0. The molecule has 1 aliphatic heterocycles. The van der Waals surface area contributed by atoms with Crippen LogP contribution >= 0.6 is 0 Å². The molecule has 2 amide bonds. The number of hydrogen-bond acceptors (Lipinski definition) is 8. The fourth-order valence-corrected chi connectivity index (χ4v) is 5.58. The van der Waals surface area contributed by atoms with Gasteiger partial charge >= 0.3 is 24.1 Å². The Kier molecular flexibility index (Phi) is 6.56. The standard InChI is InChI=1S/C27H26N2O8/c1-34-24(30)22-20-18-13-19(21(20)23(22)25(31)35-2)29(27(33)37-15-17-11-7-4-8-12-17)28(18)26(32)36-14-16-9-5-3-6-10-16/h3-12,18-21H,13-15H2,1-2H3/t18-,19+,20+,21-. The molecule has 5 rings (SSSR count). The molecule has 1 heterocycles. The van der Waals surface area contributed by atoms with E-state index in [0.717, 1.165) is 11.1 Å². The third-order valence-corrected chi connectivity index (χ3v) is 7.11. The quantitative estimate of drug-likeness (QED) is 0.434. The van der Waals surface area contributed by atoms with Gasteiger partial charge in [0.15, 0.2) is 0 Å². The second-order valence-electron chi connectivity index (χ2n) is 9.00. The number of ether oxygens (including phenoxy) is 4. The lowest BCUT2D eigenvalue weighted by atomic mass is 9.66. The van der Waals surface area contributed by atoms with Crippen LogP contribution in [-0.2, 0) is 41.8 Å². The minimum Gasteiger partial charge on any atom is -0.466 e. The van der Waals surface area contributed by atoms with Gasteiger partial charge in [-0.2, -0.15) is 0 Å². The van der Waals surface area contributed by atoms with Crippen molar-refractivity contribution < 1.29 is 38.1 Å². The highest BCUT2D eigenvalue weighted by molar-refractivity contribution is 6.05. The highest BCUT2D eigenvalue weighted by Crippen LogP contribution is 2.59. The van der Waals surface area contributed by atoms with Gasteiger partial charge in [0.1, 0.15) is 13.2 Å². The second kappa shape index (κ2) is 9.96. The summed E-state index contributed by atoms with van der Waals surface area (Å²) in [5.74, 6) is -2.31. The van der Waals surface area contributed by atoms with Crippen molar-refractivity contribution in [1.29, 1.82) is 0 Å². The van der Waals surface area contributed by atoms with Crippen molar-refractivity contribution in [2.24, 2.45) is 11.8 Å². The van der Waals surface area contributed by atoms with Crippen LogP contribution < -0.4 is 0 Å². The molecular weight excluding hydrogens is 480 g/mol. The molecule has 0 N–H and O–H groups in total. The van der Waals surface area contributed by atoms with Gasteiger partial charge in [-0.05, 0) is 17.5 Å². The highest BCUT2D eigenvalue weighted by atomic mass is 16.6. The van der Waals surface area contributed by atoms with Crippen LogP contribution in [0.3, 0.4) is 0 Å². The first-order valence-corrected chi connectivity index (χ1v) is 11.9. The van der Waals surface area contributed by atoms with Crippen molar-refractivity contribution in [1.82, 2.24) is 10.0 Å². The number of esters is 2. The van der Waals surface area contributed by atoms with Crippen LogP contribution in [0.15, 0.2) is 71.8 Å². The van der Waals surface area contributed by atoms with Crippen molar-refractivity contribution in [3.05, 3.63) is 82.9 Å². The average molecular weight is 507 g/mol. The van der Waals surface area contributed by atoms with Crippen molar-refractivity contribution in [3.63, 3.8) is 0 Å². The molecule has 2 bridgehead atoms. The number of methoxy groups -OCH3 is 2. The van der Waals surface area contributed by atoms with Gasteiger partial charge in [0.05, 0.1) is 37.4 Å². The normalized spacial score (nSPS) is 23.2. The third kappa shape index (κ3) is 4.18. The Labute approximate surface area is 213 Å². The Morgan fingerprint density at radius 1 is 0.676 bits per heavy atom. The van der Waals surface area contributed by atoms with Crippen LogP contribution in [0.4, 0.5) is 9.59 Å². The molecule has 3 aliphatic rings. The molecule has 1 saturated heterocycles. The largest absolute Gasteiger partial charge is 0.466 e. The van der Waals surface area contributed by atoms with Gasteiger partial charge in [-0.3, -0.25) is 0 Å². The van der Waals surface area contributed by atoms with Crippen LogP contribution in [0.2, 0.25) is 0 Å². The number of amides is 2. The van der Waals surface area contributed by atoms with E-state index in [-0.39, 0.29) is 24.4 Å². The molecule has 2 aliphatic carbocycles. The molecule has 192 valence electrons. The first-order chi connectivity index (χ1) is 18.0. The third-order valence-electron chi connectivity index (χ3n) is 7.11. The maximum absolute atomic E-state index is 13.3. The lowest BCUT2D eigenvalue weighted by molar-refractivity contribution is -0.145. The van der Waals surface area contributed by atoms with E-state index >= 15 is 0 Å². The minimum absolute atomic E-state index is 0.00165. The summed E-state index contributed by atoms with van der Waals surface area (Å²) in [5.41, 5.74) is 1.90. The molecule has 2 fully saturated rings. The summed E-state index contributed by atoms with van der Waals surface area (Å²) < 4.78 is 20.9. The molecule has 0 aromatic heterocycles. The lowest BCUT2D eigenvalue weighted by Gasteiger charge is -2.49. The van der Waals surface area contributed by atoms with Crippen LogP contribution in [0.1, 0.15) is 17.5 Å². The van der Waals surface area contributed by atoms with Crippen LogP contribution in [0, 0.1) is 11.8 Å². The van der Waals surface area contributed by atoms with Gasteiger partial charge in [0.2, 0.25) is 0 Å². The Morgan fingerprint density at radius 3 is 1.41 bits per heavy atom. The van der Waals surface area contributed by atoms with E-state index in [2.05, 4.69) is 0 Å². The van der Waals surface area contributed by atoms with Crippen molar-refractivity contribution in [2.45, 2.75) is 31.7 Å². The van der Waals surface area contributed by atoms with E-state index in [1.54, 1.807) is 0 Å². The topological polar surface area (TPSA) is 112 Å². The number of carbonyl (C=O) groups excluding carboxylic acids is 4. The maximum atomic E-state index is 13.3. The maximum Gasteiger partial charge on any atom is 0.429 e. The average Bonchev–Trinajstić information content (AvgIpc) is 3.44. The fraction of sp³-hybridized carbons (Fsp3) is 0.333. The van der Waals surface area contributed by atoms with Crippen molar-refractivity contribution >= 4 is 24.1 Å². The Hall–Kier alpha value is -4.34. The Morgan fingerprint density at radius 2 is 1.05 bits per heavy atom. The van der Waals surface area contributed by atoms with E-state index in [9.17, 15) is 19.2 Å². The molecule has 0 spiro atoms. The molecule has 1 saturated carbocycles. The van der Waals surface area contributed by atoms with E-state index < -0.39 is 48.0 Å².